The number of aromatic nitrogens is 2. The molecule has 0 spiro atoms. The Morgan fingerprint density at radius 3 is 2.79 bits per heavy atom. The molecule has 1 amide bonds. The fourth-order valence-corrected chi connectivity index (χ4v) is 2.91. The molecule has 1 aromatic carbocycles. The van der Waals surface area contributed by atoms with Gasteiger partial charge in [0.15, 0.2) is 5.54 Å². The van der Waals surface area contributed by atoms with Crippen molar-refractivity contribution in [3.63, 3.8) is 0 Å². The number of carbonyl (C=O) groups excluding carboxylic acids is 1. The summed E-state index contributed by atoms with van der Waals surface area (Å²) in [6.07, 6.45) is 3.02. The molecule has 0 aliphatic carbocycles. The molecular weight excluding hydrogens is 357 g/mol. The first-order valence-electron chi connectivity index (χ1n) is 7.05. The number of rotatable bonds is 4. The Labute approximate surface area is 147 Å². The van der Waals surface area contributed by atoms with Gasteiger partial charge >= 0.3 is 5.97 Å². The van der Waals surface area contributed by atoms with Crippen molar-refractivity contribution >= 4 is 35.1 Å². The van der Waals surface area contributed by atoms with Crippen LogP contribution in [0.1, 0.15) is 16.8 Å². The molecule has 7 nitrogen and oxygen atoms in total. The van der Waals surface area contributed by atoms with Crippen molar-refractivity contribution < 1.29 is 19.4 Å². The van der Waals surface area contributed by atoms with Crippen LogP contribution in [0.2, 0.25) is 10.0 Å². The lowest BCUT2D eigenvalue weighted by Crippen LogP contribution is -2.55. The summed E-state index contributed by atoms with van der Waals surface area (Å²) in [5.41, 5.74) is -0.636. The van der Waals surface area contributed by atoms with E-state index in [1.54, 1.807) is 18.2 Å². The van der Waals surface area contributed by atoms with Crippen molar-refractivity contribution in [3.05, 3.63) is 46.2 Å². The standard InChI is InChI=1S/C15H13Cl2N3O4/c16-10-1-2-12(11(17)5-10)20-7-9(6-18-20)13(21)19-15(14(22)23)3-4-24-8-15/h1-2,5-7H,3-4,8H2,(H,19,21)(H,22,23). The van der Waals surface area contributed by atoms with Crippen LogP contribution >= 0.6 is 23.2 Å². The van der Waals surface area contributed by atoms with E-state index in [4.69, 9.17) is 27.9 Å². The highest BCUT2D eigenvalue weighted by Crippen LogP contribution is 2.24. The minimum Gasteiger partial charge on any atom is -0.479 e. The molecule has 1 atom stereocenters. The monoisotopic (exact) mass is 369 g/mol. The number of nitrogens with one attached hydrogen (secondary N) is 1. The molecule has 126 valence electrons. The van der Waals surface area contributed by atoms with Crippen molar-refractivity contribution in [3.8, 4) is 5.69 Å². The van der Waals surface area contributed by atoms with Crippen LogP contribution in [0, 0.1) is 0 Å². The van der Waals surface area contributed by atoms with Crippen molar-refractivity contribution in [1.29, 1.82) is 0 Å². The molecule has 1 aromatic heterocycles. The summed E-state index contributed by atoms with van der Waals surface area (Å²) in [4.78, 5) is 23.8. The third kappa shape index (κ3) is 3.10. The predicted octanol–water partition coefficient (Wildman–Crippen LogP) is 2.15. The van der Waals surface area contributed by atoms with Crippen LogP contribution < -0.4 is 5.32 Å². The van der Waals surface area contributed by atoms with Gasteiger partial charge in [-0.2, -0.15) is 5.10 Å². The average Bonchev–Trinajstić information content (AvgIpc) is 3.17. The van der Waals surface area contributed by atoms with Crippen molar-refractivity contribution in [2.45, 2.75) is 12.0 Å². The zero-order valence-electron chi connectivity index (χ0n) is 12.3. The molecule has 1 fully saturated rings. The number of carbonyl (C=O) groups is 2. The number of carboxylic acid groups (broad SMARTS) is 1. The number of hydrogen-bond acceptors (Lipinski definition) is 4. The Morgan fingerprint density at radius 1 is 1.38 bits per heavy atom. The number of nitrogens with zero attached hydrogens (tertiary/aromatic N) is 2. The number of hydrogen-bond donors (Lipinski definition) is 2. The van der Waals surface area contributed by atoms with E-state index in [0.717, 1.165) is 0 Å². The van der Waals surface area contributed by atoms with Crippen LogP contribution in [0.5, 0.6) is 0 Å². The topological polar surface area (TPSA) is 93.5 Å². The van der Waals surface area contributed by atoms with Crippen molar-refractivity contribution in [2.75, 3.05) is 13.2 Å². The largest absolute Gasteiger partial charge is 0.479 e. The normalized spacial score (nSPS) is 20.1. The second-order valence-electron chi connectivity index (χ2n) is 5.41. The molecule has 2 aromatic rings. The Bertz CT molecular complexity index is 800. The second kappa shape index (κ2) is 6.43. The zero-order chi connectivity index (χ0) is 17.3. The fraction of sp³-hybridized carbons (Fsp3) is 0.267. The van der Waals surface area contributed by atoms with Gasteiger partial charge in [-0.15, -0.1) is 0 Å². The molecule has 1 aliphatic heterocycles. The summed E-state index contributed by atoms with van der Waals surface area (Å²) in [5.74, 6) is -1.67. The molecule has 2 N–H and O–H groups in total. The highest BCUT2D eigenvalue weighted by atomic mass is 35.5. The maximum atomic E-state index is 12.4. The van der Waals surface area contributed by atoms with Gasteiger partial charge in [0.2, 0.25) is 0 Å². The molecule has 0 radical (unpaired) electrons. The quantitative estimate of drug-likeness (QED) is 0.860. The van der Waals surface area contributed by atoms with Crippen LogP contribution in [0.4, 0.5) is 0 Å². The minimum atomic E-state index is -1.41. The summed E-state index contributed by atoms with van der Waals surface area (Å²) in [6.45, 7) is 0.220. The number of carboxylic acids is 1. The number of aliphatic carboxylic acids is 1. The van der Waals surface area contributed by atoms with E-state index in [0.29, 0.717) is 15.7 Å². The van der Waals surface area contributed by atoms with Gasteiger partial charge in [0.25, 0.3) is 5.91 Å². The molecule has 1 saturated heterocycles. The third-order valence-electron chi connectivity index (χ3n) is 3.79. The van der Waals surface area contributed by atoms with Gasteiger partial charge in [-0.05, 0) is 18.2 Å². The lowest BCUT2D eigenvalue weighted by molar-refractivity contribution is -0.144. The van der Waals surface area contributed by atoms with Crippen molar-refractivity contribution in [1.82, 2.24) is 15.1 Å². The molecule has 2 heterocycles. The predicted molar refractivity (Wildman–Crippen MR) is 86.9 cm³/mol. The molecule has 3 rings (SSSR count). The molecule has 0 bridgehead atoms. The van der Waals surface area contributed by atoms with E-state index in [2.05, 4.69) is 10.4 Å². The SMILES string of the molecule is O=C(NC1(C(=O)O)CCOC1)c1cnn(-c2ccc(Cl)cc2Cl)c1. The highest BCUT2D eigenvalue weighted by molar-refractivity contribution is 6.35. The molecule has 24 heavy (non-hydrogen) atoms. The van der Waals surface area contributed by atoms with Crippen LogP contribution in [0.3, 0.4) is 0 Å². The lowest BCUT2D eigenvalue weighted by Gasteiger charge is -2.23. The third-order valence-corrected chi connectivity index (χ3v) is 4.32. The van der Waals surface area contributed by atoms with Gasteiger partial charge in [0, 0.05) is 24.2 Å². The number of amides is 1. The lowest BCUT2D eigenvalue weighted by atomic mass is 9.98. The van der Waals surface area contributed by atoms with E-state index in [1.165, 1.54) is 17.1 Å². The maximum absolute atomic E-state index is 12.4. The number of ether oxygens (including phenoxy) is 1. The summed E-state index contributed by atoms with van der Waals surface area (Å²) < 4.78 is 6.54. The van der Waals surface area contributed by atoms with Crippen LogP contribution in [0.25, 0.3) is 5.69 Å². The molecule has 0 saturated carbocycles. The number of halogens is 2. The van der Waals surface area contributed by atoms with Crippen LogP contribution in [0.15, 0.2) is 30.6 Å². The molecule has 9 heteroatoms. The van der Waals surface area contributed by atoms with Gasteiger partial charge in [-0.1, -0.05) is 23.2 Å². The van der Waals surface area contributed by atoms with Gasteiger partial charge in [-0.25, -0.2) is 9.48 Å². The van der Waals surface area contributed by atoms with E-state index in [-0.39, 0.29) is 25.2 Å². The van der Waals surface area contributed by atoms with E-state index in [1.807, 2.05) is 0 Å². The Kier molecular flexibility index (Phi) is 4.49. The Balaban J connectivity index is 1.82. The van der Waals surface area contributed by atoms with E-state index in [9.17, 15) is 14.7 Å². The number of benzene rings is 1. The smallest absolute Gasteiger partial charge is 0.331 e. The van der Waals surface area contributed by atoms with Gasteiger partial charge in [0.1, 0.15) is 0 Å². The summed E-state index contributed by atoms with van der Waals surface area (Å²) >= 11 is 12.0. The van der Waals surface area contributed by atoms with Gasteiger partial charge in [0.05, 0.1) is 29.1 Å². The molecular formula is C15H13Cl2N3O4. The Hall–Kier alpha value is -2.09. The Morgan fingerprint density at radius 2 is 2.17 bits per heavy atom. The summed E-state index contributed by atoms with van der Waals surface area (Å²) in [5, 5.41) is 16.8. The van der Waals surface area contributed by atoms with E-state index >= 15 is 0 Å². The minimum absolute atomic E-state index is 0.0643. The van der Waals surface area contributed by atoms with Crippen molar-refractivity contribution in [2.24, 2.45) is 0 Å². The zero-order valence-corrected chi connectivity index (χ0v) is 13.8. The first-order valence-corrected chi connectivity index (χ1v) is 7.81. The van der Waals surface area contributed by atoms with Gasteiger partial charge < -0.3 is 15.2 Å². The molecule has 1 unspecified atom stereocenters. The first kappa shape index (κ1) is 16.8. The van der Waals surface area contributed by atoms with Crippen LogP contribution in [-0.4, -0.2) is 45.5 Å². The van der Waals surface area contributed by atoms with E-state index < -0.39 is 17.4 Å². The van der Waals surface area contributed by atoms with Crippen LogP contribution in [-0.2, 0) is 9.53 Å². The second-order valence-corrected chi connectivity index (χ2v) is 6.26. The summed E-state index contributed by atoms with van der Waals surface area (Å²) in [7, 11) is 0. The summed E-state index contributed by atoms with van der Waals surface area (Å²) in [6, 6.07) is 4.89. The highest BCUT2D eigenvalue weighted by Gasteiger charge is 2.44. The molecule has 1 aliphatic rings. The average molecular weight is 370 g/mol. The fourth-order valence-electron chi connectivity index (χ4n) is 2.41. The maximum Gasteiger partial charge on any atom is 0.331 e. The van der Waals surface area contributed by atoms with Gasteiger partial charge in [-0.3, -0.25) is 4.79 Å². The first-order chi connectivity index (χ1) is 11.4.